The van der Waals surface area contributed by atoms with Crippen molar-refractivity contribution in [2.24, 2.45) is 0 Å². The highest BCUT2D eigenvalue weighted by Gasteiger charge is 2.14. The number of methoxy groups -OCH3 is 1. The van der Waals surface area contributed by atoms with E-state index in [-0.39, 0.29) is 12.0 Å². The van der Waals surface area contributed by atoms with Gasteiger partial charge in [-0.05, 0) is 38.1 Å². The van der Waals surface area contributed by atoms with E-state index in [0.29, 0.717) is 24.5 Å². The Kier molecular flexibility index (Phi) is 5.83. The van der Waals surface area contributed by atoms with Crippen LogP contribution in [0.3, 0.4) is 0 Å². The summed E-state index contributed by atoms with van der Waals surface area (Å²) < 4.78 is 10.9. The molecule has 1 aliphatic heterocycles. The lowest BCUT2D eigenvalue weighted by molar-refractivity contribution is -0.117. The van der Waals surface area contributed by atoms with Gasteiger partial charge in [-0.1, -0.05) is 12.1 Å². The van der Waals surface area contributed by atoms with Crippen molar-refractivity contribution in [2.45, 2.75) is 25.4 Å². The highest BCUT2D eigenvalue weighted by Crippen LogP contribution is 2.23. The van der Waals surface area contributed by atoms with Crippen LogP contribution in [0, 0.1) is 0 Å². The van der Waals surface area contributed by atoms with E-state index in [1.807, 2.05) is 24.3 Å². The first-order valence-corrected chi connectivity index (χ1v) is 7.05. The summed E-state index contributed by atoms with van der Waals surface area (Å²) in [5.74, 6) is 0.614. The normalized spacial score (nSPS) is 15.8. The van der Waals surface area contributed by atoms with Crippen LogP contribution in [0.5, 0.6) is 5.75 Å². The van der Waals surface area contributed by atoms with E-state index >= 15 is 0 Å². The van der Waals surface area contributed by atoms with Crippen molar-refractivity contribution in [3.8, 4) is 5.75 Å². The topological polar surface area (TPSA) is 59.6 Å². The summed E-state index contributed by atoms with van der Waals surface area (Å²) >= 11 is 0. The molecule has 1 fully saturated rings. The quantitative estimate of drug-likeness (QED) is 0.833. The number of piperidine rings is 1. The number of nitrogens with one attached hydrogen (secondary N) is 2. The van der Waals surface area contributed by atoms with Crippen molar-refractivity contribution in [3.63, 3.8) is 0 Å². The first-order chi connectivity index (χ1) is 9.79. The smallest absolute Gasteiger partial charge is 0.226 e. The number of benzene rings is 1. The molecule has 1 aliphatic rings. The summed E-state index contributed by atoms with van der Waals surface area (Å²) in [6.45, 7) is 2.46. The van der Waals surface area contributed by atoms with E-state index in [2.05, 4.69) is 10.6 Å². The average Bonchev–Trinajstić information content (AvgIpc) is 2.49. The molecular formula is C15H22N2O3. The number of ether oxygens (including phenoxy) is 2. The summed E-state index contributed by atoms with van der Waals surface area (Å²) in [5, 5.41) is 6.13. The molecule has 0 spiro atoms. The summed E-state index contributed by atoms with van der Waals surface area (Å²) in [6, 6.07) is 7.38. The predicted molar refractivity (Wildman–Crippen MR) is 78.1 cm³/mol. The molecule has 20 heavy (non-hydrogen) atoms. The van der Waals surface area contributed by atoms with E-state index in [0.717, 1.165) is 25.9 Å². The Balaban J connectivity index is 1.72. The minimum Gasteiger partial charge on any atom is -0.495 e. The van der Waals surface area contributed by atoms with Gasteiger partial charge in [0.2, 0.25) is 5.91 Å². The second-order valence-corrected chi connectivity index (χ2v) is 4.82. The Morgan fingerprint density at radius 2 is 2.10 bits per heavy atom. The van der Waals surface area contributed by atoms with E-state index in [1.165, 1.54) is 0 Å². The molecule has 5 heteroatoms. The van der Waals surface area contributed by atoms with Crippen molar-refractivity contribution in [1.82, 2.24) is 5.32 Å². The molecule has 0 unspecified atom stereocenters. The van der Waals surface area contributed by atoms with Crippen LogP contribution in [-0.2, 0) is 9.53 Å². The molecule has 1 amide bonds. The number of rotatable bonds is 6. The molecule has 2 rings (SSSR count). The molecule has 0 saturated carbocycles. The highest BCUT2D eigenvalue weighted by atomic mass is 16.5. The molecule has 5 nitrogen and oxygen atoms in total. The fourth-order valence-electron chi connectivity index (χ4n) is 2.24. The molecule has 0 aromatic heterocycles. The molecule has 110 valence electrons. The van der Waals surface area contributed by atoms with Gasteiger partial charge in [0, 0.05) is 0 Å². The third-order valence-electron chi connectivity index (χ3n) is 3.35. The Hall–Kier alpha value is -1.59. The van der Waals surface area contributed by atoms with Crippen LogP contribution in [0.4, 0.5) is 5.69 Å². The fraction of sp³-hybridized carbons (Fsp3) is 0.533. The van der Waals surface area contributed by atoms with Crippen molar-refractivity contribution in [1.29, 1.82) is 0 Å². The molecule has 2 N–H and O–H groups in total. The van der Waals surface area contributed by atoms with Gasteiger partial charge in [0.1, 0.15) is 5.75 Å². The Morgan fingerprint density at radius 1 is 1.35 bits per heavy atom. The second kappa shape index (κ2) is 7.87. The largest absolute Gasteiger partial charge is 0.495 e. The van der Waals surface area contributed by atoms with Gasteiger partial charge in [0.05, 0.1) is 31.9 Å². The molecule has 1 aromatic rings. The van der Waals surface area contributed by atoms with E-state index in [1.54, 1.807) is 7.11 Å². The fourth-order valence-corrected chi connectivity index (χ4v) is 2.24. The van der Waals surface area contributed by atoms with Crippen molar-refractivity contribution < 1.29 is 14.3 Å². The maximum Gasteiger partial charge on any atom is 0.226 e. The van der Waals surface area contributed by atoms with Crippen molar-refractivity contribution in [2.75, 3.05) is 32.1 Å². The van der Waals surface area contributed by atoms with Gasteiger partial charge in [-0.25, -0.2) is 0 Å². The molecule has 1 saturated heterocycles. The Labute approximate surface area is 119 Å². The van der Waals surface area contributed by atoms with E-state index < -0.39 is 0 Å². The van der Waals surface area contributed by atoms with Gasteiger partial charge >= 0.3 is 0 Å². The zero-order chi connectivity index (χ0) is 14.2. The van der Waals surface area contributed by atoms with Gasteiger partial charge < -0.3 is 20.1 Å². The third-order valence-corrected chi connectivity index (χ3v) is 3.35. The Morgan fingerprint density at radius 3 is 2.85 bits per heavy atom. The van der Waals surface area contributed by atoms with E-state index in [9.17, 15) is 4.79 Å². The first kappa shape index (κ1) is 14.8. The van der Waals surface area contributed by atoms with Gasteiger partial charge in [-0.3, -0.25) is 4.79 Å². The summed E-state index contributed by atoms with van der Waals surface area (Å²) in [5.41, 5.74) is 0.696. The van der Waals surface area contributed by atoms with Crippen LogP contribution in [-0.4, -0.2) is 38.8 Å². The van der Waals surface area contributed by atoms with Gasteiger partial charge in [0.25, 0.3) is 0 Å². The molecule has 0 aliphatic carbocycles. The van der Waals surface area contributed by atoms with Crippen LogP contribution in [0.25, 0.3) is 0 Å². The lowest BCUT2D eigenvalue weighted by Crippen LogP contribution is -2.33. The summed E-state index contributed by atoms with van der Waals surface area (Å²) in [6.07, 6.45) is 2.69. The number of hydrogen-bond acceptors (Lipinski definition) is 4. The zero-order valence-electron chi connectivity index (χ0n) is 11.9. The minimum absolute atomic E-state index is 0.0524. The summed E-state index contributed by atoms with van der Waals surface area (Å²) in [4.78, 5) is 11.9. The standard InChI is InChI=1S/C15H22N2O3/c1-19-14-5-3-2-4-13(14)17-15(18)8-11-20-12-6-9-16-10-7-12/h2-5,12,16H,6-11H2,1H3,(H,17,18). The van der Waals surface area contributed by atoms with Gasteiger partial charge in [-0.2, -0.15) is 0 Å². The lowest BCUT2D eigenvalue weighted by Gasteiger charge is -2.22. The van der Waals surface area contributed by atoms with Crippen LogP contribution in [0.1, 0.15) is 19.3 Å². The number of anilines is 1. The number of para-hydroxylation sites is 2. The van der Waals surface area contributed by atoms with Crippen molar-refractivity contribution >= 4 is 11.6 Å². The van der Waals surface area contributed by atoms with Crippen LogP contribution < -0.4 is 15.4 Å². The predicted octanol–water partition coefficient (Wildman–Crippen LogP) is 1.79. The number of carbonyl (C=O) groups excluding carboxylic acids is 1. The summed E-state index contributed by atoms with van der Waals surface area (Å²) in [7, 11) is 1.59. The van der Waals surface area contributed by atoms with E-state index in [4.69, 9.17) is 9.47 Å². The maximum atomic E-state index is 11.9. The van der Waals surface area contributed by atoms with Gasteiger partial charge in [-0.15, -0.1) is 0 Å². The third kappa shape index (κ3) is 4.51. The maximum absolute atomic E-state index is 11.9. The first-order valence-electron chi connectivity index (χ1n) is 7.05. The van der Waals surface area contributed by atoms with Crippen molar-refractivity contribution in [3.05, 3.63) is 24.3 Å². The second-order valence-electron chi connectivity index (χ2n) is 4.82. The molecule has 0 bridgehead atoms. The SMILES string of the molecule is COc1ccccc1NC(=O)CCOC1CCNCC1. The van der Waals surface area contributed by atoms with Crippen LogP contribution in [0.15, 0.2) is 24.3 Å². The minimum atomic E-state index is -0.0524. The zero-order valence-corrected chi connectivity index (χ0v) is 11.9. The van der Waals surface area contributed by atoms with Crippen LogP contribution >= 0.6 is 0 Å². The molecule has 1 heterocycles. The molecular weight excluding hydrogens is 256 g/mol. The monoisotopic (exact) mass is 278 g/mol. The molecule has 0 radical (unpaired) electrons. The van der Waals surface area contributed by atoms with Gasteiger partial charge in [0.15, 0.2) is 0 Å². The lowest BCUT2D eigenvalue weighted by atomic mass is 10.1. The van der Waals surface area contributed by atoms with Crippen LogP contribution in [0.2, 0.25) is 0 Å². The number of hydrogen-bond donors (Lipinski definition) is 2. The molecule has 0 atom stereocenters. The highest BCUT2D eigenvalue weighted by molar-refractivity contribution is 5.92. The molecule has 1 aromatic carbocycles. The average molecular weight is 278 g/mol. The number of carbonyl (C=O) groups is 1. The Bertz CT molecular complexity index is 431. The number of amides is 1.